The molecule has 0 aliphatic rings. The first kappa shape index (κ1) is 9.43. The summed E-state index contributed by atoms with van der Waals surface area (Å²) in [5.74, 6) is -0.0570. The fraction of sp³-hybridized carbons (Fsp3) is 0.857. The minimum Gasteiger partial charge on any atom is -0.396 e. The van der Waals surface area contributed by atoms with Crippen molar-refractivity contribution in [3.63, 3.8) is 0 Å². The van der Waals surface area contributed by atoms with Crippen LogP contribution < -0.4 is 5.32 Å². The van der Waals surface area contributed by atoms with E-state index in [4.69, 9.17) is 5.11 Å². The molecule has 0 atom stereocenters. The largest absolute Gasteiger partial charge is 0.396 e. The molecule has 3 nitrogen and oxygen atoms in total. The van der Waals surface area contributed by atoms with E-state index >= 15 is 0 Å². The van der Waals surface area contributed by atoms with Crippen molar-refractivity contribution in [3.05, 3.63) is 0 Å². The molecule has 0 aliphatic heterocycles. The van der Waals surface area contributed by atoms with Gasteiger partial charge >= 0.3 is 0 Å². The molecule has 0 saturated carbocycles. The maximum absolute atomic E-state index is 10.5. The molecular formula is C7H15NO2. The Morgan fingerprint density at radius 2 is 2.10 bits per heavy atom. The lowest BCUT2D eigenvalue weighted by Gasteiger charge is -2.24. The molecule has 0 radical (unpaired) electrons. The summed E-state index contributed by atoms with van der Waals surface area (Å²) in [4.78, 5) is 10.5. The SMILES string of the molecule is CC(=O)NC(C)(C)CCO. The molecule has 0 unspecified atom stereocenters. The number of nitrogens with one attached hydrogen (secondary N) is 1. The average Bonchev–Trinajstić information content (AvgIpc) is 1.59. The molecule has 0 aromatic carbocycles. The third-order valence-electron chi connectivity index (χ3n) is 1.25. The van der Waals surface area contributed by atoms with Gasteiger partial charge in [0.25, 0.3) is 0 Å². The number of carbonyl (C=O) groups excluding carboxylic acids is 1. The van der Waals surface area contributed by atoms with Gasteiger partial charge in [-0.3, -0.25) is 4.79 Å². The summed E-state index contributed by atoms with van der Waals surface area (Å²) >= 11 is 0. The molecule has 0 rings (SSSR count). The van der Waals surface area contributed by atoms with Crippen LogP contribution in [0, 0.1) is 0 Å². The van der Waals surface area contributed by atoms with Gasteiger partial charge in [0.15, 0.2) is 0 Å². The predicted molar refractivity (Wildman–Crippen MR) is 39.6 cm³/mol. The fourth-order valence-corrected chi connectivity index (χ4v) is 0.819. The monoisotopic (exact) mass is 145 g/mol. The normalized spacial score (nSPS) is 11.2. The third-order valence-corrected chi connectivity index (χ3v) is 1.25. The highest BCUT2D eigenvalue weighted by atomic mass is 16.3. The number of aliphatic hydroxyl groups excluding tert-OH is 1. The quantitative estimate of drug-likeness (QED) is 0.599. The first-order valence-electron chi connectivity index (χ1n) is 3.37. The molecule has 60 valence electrons. The summed E-state index contributed by atoms with van der Waals surface area (Å²) in [6.45, 7) is 5.33. The number of rotatable bonds is 3. The van der Waals surface area contributed by atoms with Crippen molar-refractivity contribution >= 4 is 5.91 Å². The second kappa shape index (κ2) is 3.56. The van der Waals surface area contributed by atoms with Crippen LogP contribution in [0.25, 0.3) is 0 Å². The van der Waals surface area contributed by atoms with Crippen LogP contribution in [0.5, 0.6) is 0 Å². The number of aliphatic hydroxyl groups is 1. The van der Waals surface area contributed by atoms with E-state index in [-0.39, 0.29) is 18.1 Å². The molecule has 3 heteroatoms. The molecule has 0 bridgehead atoms. The predicted octanol–water partition coefficient (Wildman–Crippen LogP) is 0.283. The smallest absolute Gasteiger partial charge is 0.217 e. The van der Waals surface area contributed by atoms with Gasteiger partial charge in [-0.05, 0) is 20.3 Å². The number of hydrogen-bond acceptors (Lipinski definition) is 2. The fourth-order valence-electron chi connectivity index (χ4n) is 0.819. The Morgan fingerprint density at radius 1 is 1.60 bits per heavy atom. The van der Waals surface area contributed by atoms with E-state index in [2.05, 4.69) is 5.32 Å². The van der Waals surface area contributed by atoms with Gasteiger partial charge in [0, 0.05) is 19.1 Å². The lowest BCUT2D eigenvalue weighted by atomic mass is 10.0. The molecule has 0 saturated heterocycles. The van der Waals surface area contributed by atoms with Crippen molar-refractivity contribution in [1.82, 2.24) is 5.32 Å². The third kappa shape index (κ3) is 4.32. The van der Waals surface area contributed by atoms with Crippen molar-refractivity contribution in [3.8, 4) is 0 Å². The highest BCUT2D eigenvalue weighted by Gasteiger charge is 2.16. The average molecular weight is 145 g/mol. The second-order valence-electron chi connectivity index (χ2n) is 3.04. The summed E-state index contributed by atoms with van der Waals surface area (Å²) in [7, 11) is 0. The number of carbonyl (C=O) groups is 1. The Morgan fingerprint density at radius 3 is 2.40 bits per heavy atom. The van der Waals surface area contributed by atoms with Gasteiger partial charge in [0.1, 0.15) is 0 Å². The summed E-state index contributed by atoms with van der Waals surface area (Å²) in [5, 5.41) is 11.3. The van der Waals surface area contributed by atoms with Gasteiger partial charge in [-0.15, -0.1) is 0 Å². The molecule has 0 fully saturated rings. The summed E-state index contributed by atoms with van der Waals surface area (Å²) in [5.41, 5.74) is -0.277. The number of amides is 1. The van der Waals surface area contributed by atoms with Crippen molar-refractivity contribution in [2.24, 2.45) is 0 Å². The van der Waals surface area contributed by atoms with Gasteiger partial charge in [0.2, 0.25) is 5.91 Å². The first-order chi connectivity index (χ1) is 4.48. The molecule has 1 amide bonds. The van der Waals surface area contributed by atoms with E-state index in [9.17, 15) is 4.79 Å². The van der Waals surface area contributed by atoms with E-state index in [1.54, 1.807) is 0 Å². The van der Waals surface area contributed by atoms with Crippen molar-refractivity contribution in [2.75, 3.05) is 6.61 Å². The minimum atomic E-state index is -0.277. The Hall–Kier alpha value is -0.570. The van der Waals surface area contributed by atoms with E-state index in [1.165, 1.54) is 6.92 Å². The van der Waals surface area contributed by atoms with Crippen LogP contribution in [0.1, 0.15) is 27.2 Å². The lowest BCUT2D eigenvalue weighted by Crippen LogP contribution is -2.42. The molecule has 0 aliphatic carbocycles. The van der Waals surface area contributed by atoms with E-state index in [1.807, 2.05) is 13.8 Å². The Labute approximate surface area is 61.4 Å². The van der Waals surface area contributed by atoms with Crippen molar-refractivity contribution in [1.29, 1.82) is 0 Å². The van der Waals surface area contributed by atoms with Crippen LogP contribution in [0.4, 0.5) is 0 Å². The molecular weight excluding hydrogens is 130 g/mol. The van der Waals surface area contributed by atoms with Crippen LogP contribution in [0.2, 0.25) is 0 Å². The van der Waals surface area contributed by atoms with E-state index in [0.29, 0.717) is 6.42 Å². The van der Waals surface area contributed by atoms with Crippen LogP contribution in [0.3, 0.4) is 0 Å². The molecule has 0 aromatic rings. The Kier molecular flexibility index (Phi) is 3.36. The highest BCUT2D eigenvalue weighted by Crippen LogP contribution is 2.05. The highest BCUT2D eigenvalue weighted by molar-refractivity contribution is 5.73. The summed E-state index contributed by atoms with van der Waals surface area (Å²) in [6.07, 6.45) is 0.590. The summed E-state index contributed by atoms with van der Waals surface area (Å²) < 4.78 is 0. The van der Waals surface area contributed by atoms with Crippen LogP contribution >= 0.6 is 0 Å². The van der Waals surface area contributed by atoms with Gasteiger partial charge < -0.3 is 10.4 Å². The molecule has 10 heavy (non-hydrogen) atoms. The molecule has 0 spiro atoms. The first-order valence-corrected chi connectivity index (χ1v) is 3.37. The van der Waals surface area contributed by atoms with Gasteiger partial charge in [-0.25, -0.2) is 0 Å². The van der Waals surface area contributed by atoms with Gasteiger partial charge in [-0.2, -0.15) is 0 Å². The lowest BCUT2D eigenvalue weighted by molar-refractivity contribution is -0.120. The summed E-state index contributed by atoms with van der Waals surface area (Å²) in [6, 6.07) is 0. The maximum atomic E-state index is 10.5. The zero-order chi connectivity index (χ0) is 8.20. The maximum Gasteiger partial charge on any atom is 0.217 e. The number of hydrogen-bond donors (Lipinski definition) is 2. The minimum absolute atomic E-state index is 0.0570. The van der Waals surface area contributed by atoms with Gasteiger partial charge in [0.05, 0.1) is 0 Å². The van der Waals surface area contributed by atoms with Crippen LogP contribution in [-0.4, -0.2) is 23.2 Å². The molecule has 0 heterocycles. The topological polar surface area (TPSA) is 49.3 Å². The van der Waals surface area contributed by atoms with Crippen LogP contribution in [0.15, 0.2) is 0 Å². The Bertz CT molecular complexity index is 121. The zero-order valence-corrected chi connectivity index (χ0v) is 6.77. The standard InChI is InChI=1S/C7H15NO2/c1-6(10)8-7(2,3)4-5-9/h9H,4-5H2,1-3H3,(H,8,10). The second-order valence-corrected chi connectivity index (χ2v) is 3.04. The van der Waals surface area contributed by atoms with Gasteiger partial charge in [-0.1, -0.05) is 0 Å². The Balaban J connectivity index is 3.74. The molecule has 0 aromatic heterocycles. The zero-order valence-electron chi connectivity index (χ0n) is 6.77. The van der Waals surface area contributed by atoms with E-state index < -0.39 is 0 Å². The van der Waals surface area contributed by atoms with Crippen molar-refractivity contribution in [2.45, 2.75) is 32.7 Å². The molecule has 2 N–H and O–H groups in total. The van der Waals surface area contributed by atoms with Crippen LogP contribution in [-0.2, 0) is 4.79 Å². The van der Waals surface area contributed by atoms with Crippen molar-refractivity contribution < 1.29 is 9.90 Å². The van der Waals surface area contributed by atoms with E-state index in [0.717, 1.165) is 0 Å².